The highest BCUT2D eigenvalue weighted by molar-refractivity contribution is 6.04. The Morgan fingerprint density at radius 3 is 2.24 bits per heavy atom. The molecule has 0 radical (unpaired) electrons. The van der Waals surface area contributed by atoms with Crippen molar-refractivity contribution in [3.05, 3.63) is 90.0 Å². The molecule has 0 saturated carbocycles. The molecule has 1 aliphatic rings. The summed E-state index contributed by atoms with van der Waals surface area (Å²) < 4.78 is 20.4. The number of nitrogens with one attached hydrogen (secondary N) is 3. The van der Waals surface area contributed by atoms with E-state index in [4.69, 9.17) is 19.6 Å². The molecular weight excluding hydrogens is 542 g/mol. The largest absolute Gasteiger partial charge is 0.491 e. The second-order valence-corrected chi connectivity index (χ2v) is 9.59. The molecule has 1 saturated heterocycles. The van der Waals surface area contributed by atoms with Crippen molar-refractivity contribution in [2.24, 2.45) is 5.92 Å². The van der Waals surface area contributed by atoms with Gasteiger partial charge in [-0.15, -0.1) is 0 Å². The topological polar surface area (TPSA) is 153 Å². The van der Waals surface area contributed by atoms with Gasteiger partial charge in [0.1, 0.15) is 24.8 Å². The third-order valence-corrected chi connectivity index (χ3v) is 6.43. The van der Waals surface area contributed by atoms with E-state index in [0.29, 0.717) is 17.7 Å². The standard InChI is InChI=1S/C31H31N3O8/c1-20(35)41-19-42-28(36)16-25-15-26(33-30(25)37)18-39-27-13-11-23(12-14-27)22-7-9-24(10-8-22)29(32)34-31(38)40-17-21-5-3-2-4-6-21/h2-14,25-26H,15-19H2,1H3,(H,33,37)(H2,32,34,38)/t25-,26-/m0/s1. The van der Waals surface area contributed by atoms with Crippen LogP contribution in [0.3, 0.4) is 0 Å². The van der Waals surface area contributed by atoms with Crippen molar-refractivity contribution >= 4 is 29.8 Å². The van der Waals surface area contributed by atoms with E-state index >= 15 is 0 Å². The fourth-order valence-corrected chi connectivity index (χ4v) is 4.26. The number of esters is 2. The Balaban J connectivity index is 1.21. The maximum atomic E-state index is 12.2. The Hall–Kier alpha value is -5.19. The summed E-state index contributed by atoms with van der Waals surface area (Å²) in [5.41, 5.74) is 3.23. The second-order valence-electron chi connectivity index (χ2n) is 9.59. The molecule has 218 valence electrons. The van der Waals surface area contributed by atoms with Gasteiger partial charge in [-0.3, -0.25) is 25.1 Å². The molecule has 1 heterocycles. The third kappa shape index (κ3) is 8.91. The monoisotopic (exact) mass is 573 g/mol. The summed E-state index contributed by atoms with van der Waals surface area (Å²) >= 11 is 0. The maximum absolute atomic E-state index is 12.2. The van der Waals surface area contributed by atoms with Crippen LogP contribution >= 0.6 is 0 Å². The van der Waals surface area contributed by atoms with Crippen molar-refractivity contribution in [1.29, 1.82) is 5.41 Å². The van der Waals surface area contributed by atoms with Crippen LogP contribution in [0.25, 0.3) is 11.1 Å². The quantitative estimate of drug-likeness (QED) is 0.135. The zero-order valence-corrected chi connectivity index (χ0v) is 23.0. The highest BCUT2D eigenvalue weighted by atomic mass is 16.7. The Kier molecular flexibility index (Phi) is 10.2. The summed E-state index contributed by atoms with van der Waals surface area (Å²) in [4.78, 5) is 46.9. The fourth-order valence-electron chi connectivity index (χ4n) is 4.26. The van der Waals surface area contributed by atoms with Crippen LogP contribution in [-0.4, -0.2) is 49.2 Å². The Labute approximate surface area is 242 Å². The minimum absolute atomic E-state index is 0.0662. The van der Waals surface area contributed by atoms with Gasteiger partial charge in [-0.1, -0.05) is 66.7 Å². The molecule has 11 heteroatoms. The molecule has 0 spiro atoms. The lowest BCUT2D eigenvalue weighted by Crippen LogP contribution is -2.31. The van der Waals surface area contributed by atoms with Gasteiger partial charge in [0.15, 0.2) is 0 Å². The van der Waals surface area contributed by atoms with Gasteiger partial charge in [-0.25, -0.2) is 4.79 Å². The van der Waals surface area contributed by atoms with Gasteiger partial charge in [-0.2, -0.15) is 0 Å². The molecule has 0 bridgehead atoms. The SMILES string of the molecule is CC(=O)OCOC(=O)C[C@@H]1C[C@@H](COc2ccc(-c3ccc(C(=N)NC(=O)OCc4ccccc4)cc3)cc2)NC1=O. The van der Waals surface area contributed by atoms with Crippen LogP contribution in [0.15, 0.2) is 78.9 Å². The van der Waals surface area contributed by atoms with Crippen LogP contribution in [0.5, 0.6) is 5.75 Å². The van der Waals surface area contributed by atoms with Gasteiger partial charge in [-0.05, 0) is 35.2 Å². The number of hydrogen-bond donors (Lipinski definition) is 3. The van der Waals surface area contributed by atoms with Gasteiger partial charge < -0.3 is 24.3 Å². The fraction of sp³-hybridized carbons (Fsp3) is 0.258. The molecule has 11 nitrogen and oxygen atoms in total. The van der Waals surface area contributed by atoms with E-state index in [9.17, 15) is 19.2 Å². The predicted molar refractivity (Wildman–Crippen MR) is 151 cm³/mol. The van der Waals surface area contributed by atoms with Crippen LogP contribution in [0.2, 0.25) is 0 Å². The lowest BCUT2D eigenvalue weighted by atomic mass is 10.0. The van der Waals surface area contributed by atoms with Crippen molar-refractivity contribution in [2.45, 2.75) is 32.4 Å². The summed E-state index contributed by atoms with van der Waals surface area (Å²) in [6.45, 7) is 1.09. The van der Waals surface area contributed by atoms with Gasteiger partial charge >= 0.3 is 18.0 Å². The smallest absolute Gasteiger partial charge is 0.413 e. The van der Waals surface area contributed by atoms with Gasteiger partial charge in [0.25, 0.3) is 0 Å². The third-order valence-electron chi connectivity index (χ3n) is 6.43. The minimum Gasteiger partial charge on any atom is -0.491 e. The van der Waals surface area contributed by atoms with Crippen molar-refractivity contribution < 1.29 is 38.1 Å². The number of amidine groups is 1. The average molecular weight is 574 g/mol. The number of carbonyl (C=O) groups excluding carboxylic acids is 4. The van der Waals surface area contributed by atoms with Crippen LogP contribution in [0.4, 0.5) is 4.79 Å². The van der Waals surface area contributed by atoms with E-state index in [2.05, 4.69) is 15.4 Å². The molecule has 1 aliphatic heterocycles. The summed E-state index contributed by atoms with van der Waals surface area (Å²) in [7, 11) is 0. The molecule has 4 rings (SSSR count). The molecular formula is C31H31N3O8. The van der Waals surface area contributed by atoms with E-state index in [1.54, 1.807) is 12.1 Å². The summed E-state index contributed by atoms with van der Waals surface area (Å²) in [6.07, 6.45) is -0.388. The first-order chi connectivity index (χ1) is 20.3. The number of alkyl carbamates (subject to hydrolysis) is 1. The molecule has 3 aromatic carbocycles. The summed E-state index contributed by atoms with van der Waals surface area (Å²) in [6, 6.07) is 23.6. The molecule has 0 aromatic heterocycles. The van der Waals surface area contributed by atoms with Crippen molar-refractivity contribution in [3.63, 3.8) is 0 Å². The van der Waals surface area contributed by atoms with Gasteiger partial charge in [0.2, 0.25) is 12.7 Å². The molecule has 0 unspecified atom stereocenters. The van der Waals surface area contributed by atoms with Gasteiger partial charge in [0.05, 0.1) is 18.4 Å². The first-order valence-corrected chi connectivity index (χ1v) is 13.3. The van der Waals surface area contributed by atoms with E-state index in [0.717, 1.165) is 16.7 Å². The number of carbonyl (C=O) groups is 4. The molecule has 1 fully saturated rings. The van der Waals surface area contributed by atoms with Crippen LogP contribution in [-0.2, 0) is 35.2 Å². The summed E-state index contributed by atoms with van der Waals surface area (Å²) in [5, 5.41) is 13.4. The Bertz CT molecular complexity index is 1410. The molecule has 0 aliphatic carbocycles. The number of amides is 2. The molecule has 3 N–H and O–H groups in total. The van der Waals surface area contributed by atoms with Crippen molar-refractivity contribution in [1.82, 2.24) is 10.6 Å². The van der Waals surface area contributed by atoms with Crippen molar-refractivity contribution in [3.8, 4) is 16.9 Å². The highest BCUT2D eigenvalue weighted by Crippen LogP contribution is 2.24. The minimum atomic E-state index is -0.699. The van der Waals surface area contributed by atoms with E-state index in [-0.39, 0.29) is 37.4 Å². The van der Waals surface area contributed by atoms with Crippen molar-refractivity contribution in [2.75, 3.05) is 13.4 Å². The number of benzene rings is 3. The Morgan fingerprint density at radius 1 is 0.905 bits per heavy atom. The average Bonchev–Trinajstić information content (AvgIpc) is 3.34. The summed E-state index contributed by atoms with van der Waals surface area (Å²) in [5.74, 6) is -1.41. The number of hydrogen-bond acceptors (Lipinski definition) is 9. The number of ether oxygens (including phenoxy) is 4. The number of rotatable bonds is 11. The van der Waals surface area contributed by atoms with Crippen LogP contribution in [0, 0.1) is 11.3 Å². The molecule has 2 amide bonds. The maximum Gasteiger partial charge on any atom is 0.413 e. The first-order valence-electron chi connectivity index (χ1n) is 13.3. The first kappa shape index (κ1) is 29.8. The van der Waals surface area contributed by atoms with Crippen LogP contribution in [0.1, 0.15) is 30.9 Å². The van der Waals surface area contributed by atoms with E-state index in [1.165, 1.54) is 6.92 Å². The zero-order chi connectivity index (χ0) is 29.9. The molecule has 3 aromatic rings. The van der Waals surface area contributed by atoms with E-state index in [1.807, 2.05) is 66.7 Å². The second kappa shape index (κ2) is 14.4. The Morgan fingerprint density at radius 2 is 1.57 bits per heavy atom. The predicted octanol–water partition coefficient (Wildman–Crippen LogP) is 3.94. The molecule has 2 atom stereocenters. The van der Waals surface area contributed by atoms with E-state index < -0.39 is 30.7 Å². The highest BCUT2D eigenvalue weighted by Gasteiger charge is 2.34. The zero-order valence-electron chi connectivity index (χ0n) is 23.0. The lowest BCUT2D eigenvalue weighted by Gasteiger charge is -2.13. The van der Waals surface area contributed by atoms with Crippen LogP contribution < -0.4 is 15.4 Å². The van der Waals surface area contributed by atoms with Gasteiger partial charge in [0, 0.05) is 12.5 Å². The molecule has 42 heavy (non-hydrogen) atoms. The lowest BCUT2D eigenvalue weighted by molar-refractivity contribution is -0.166. The normalized spacial score (nSPS) is 15.7.